The summed E-state index contributed by atoms with van der Waals surface area (Å²) < 4.78 is 11.1. The lowest BCUT2D eigenvalue weighted by molar-refractivity contribution is -0.159. The predicted molar refractivity (Wildman–Crippen MR) is 185 cm³/mol. The van der Waals surface area contributed by atoms with Crippen molar-refractivity contribution in [3.63, 3.8) is 0 Å². The zero-order valence-corrected chi connectivity index (χ0v) is 30.0. The van der Waals surface area contributed by atoms with Gasteiger partial charge in [-0.3, -0.25) is 14.4 Å². The van der Waals surface area contributed by atoms with Crippen molar-refractivity contribution in [2.75, 3.05) is 6.54 Å². The molecule has 0 bridgehead atoms. The monoisotopic (exact) mass is 666 g/mol. The van der Waals surface area contributed by atoms with Crippen molar-refractivity contribution in [2.24, 2.45) is 5.73 Å². The van der Waals surface area contributed by atoms with Gasteiger partial charge >= 0.3 is 12.1 Å². The number of carbonyl (C=O) groups is 5. The van der Waals surface area contributed by atoms with Crippen molar-refractivity contribution >= 4 is 29.8 Å². The lowest BCUT2D eigenvalue weighted by Crippen LogP contribution is -2.55. The summed E-state index contributed by atoms with van der Waals surface area (Å²) >= 11 is 0. The van der Waals surface area contributed by atoms with E-state index in [1.807, 2.05) is 69.3 Å². The minimum Gasteiger partial charge on any atom is -0.458 e. The van der Waals surface area contributed by atoms with E-state index < -0.39 is 59.1 Å². The number of carbonyl (C=O) groups excluding carboxylic acids is 5. The molecule has 4 N–H and O–H groups in total. The molecule has 0 aromatic heterocycles. The predicted octanol–water partition coefficient (Wildman–Crippen LogP) is 5.20. The van der Waals surface area contributed by atoms with E-state index in [0.29, 0.717) is 18.4 Å². The maximum Gasteiger partial charge on any atom is 0.408 e. The third kappa shape index (κ3) is 13.8. The van der Waals surface area contributed by atoms with Gasteiger partial charge in [-0.1, -0.05) is 73.0 Å². The van der Waals surface area contributed by atoms with Gasteiger partial charge in [0.15, 0.2) is 0 Å². The molecule has 0 heterocycles. The summed E-state index contributed by atoms with van der Waals surface area (Å²) in [6.45, 7) is 16.2. The summed E-state index contributed by atoms with van der Waals surface area (Å²) in [5, 5.41) is 5.51. The van der Waals surface area contributed by atoms with Crippen molar-refractivity contribution in [3.05, 3.63) is 70.8 Å². The van der Waals surface area contributed by atoms with Crippen molar-refractivity contribution in [3.8, 4) is 0 Å². The van der Waals surface area contributed by atoms with Gasteiger partial charge in [-0.15, -0.1) is 0 Å². The largest absolute Gasteiger partial charge is 0.458 e. The number of ether oxygens (including phenoxy) is 2. The molecule has 48 heavy (non-hydrogen) atoms. The van der Waals surface area contributed by atoms with Gasteiger partial charge in [0.05, 0.1) is 0 Å². The van der Waals surface area contributed by atoms with Crippen LogP contribution in [-0.4, -0.2) is 64.5 Å². The van der Waals surface area contributed by atoms with Crippen LogP contribution < -0.4 is 16.4 Å². The molecular weight excluding hydrogens is 612 g/mol. The van der Waals surface area contributed by atoms with Gasteiger partial charge in [0.1, 0.15) is 29.3 Å². The summed E-state index contributed by atoms with van der Waals surface area (Å²) in [6, 6.07) is 11.4. The van der Waals surface area contributed by atoms with Crippen LogP contribution in [0.15, 0.2) is 48.5 Å². The Hall–Kier alpha value is -4.41. The van der Waals surface area contributed by atoms with Crippen molar-refractivity contribution in [1.29, 1.82) is 0 Å². The van der Waals surface area contributed by atoms with E-state index in [2.05, 4.69) is 10.6 Å². The molecular formula is C37H54N4O7. The molecule has 0 aliphatic heterocycles. The van der Waals surface area contributed by atoms with Crippen LogP contribution in [0.4, 0.5) is 4.79 Å². The first-order chi connectivity index (χ1) is 22.3. The quantitative estimate of drug-likeness (QED) is 0.221. The SMILES string of the molecule is CCCCN(C(=O)C(CCC(N)=O)NC(=O)OC(C)(C)C)C(C(=O)NC(Cc1ccccc1)C(=O)OC(C)(C)C)c1cc(C)cc(C)c1. The Bertz CT molecular complexity index is 1390. The first-order valence-electron chi connectivity index (χ1n) is 16.5. The number of alkyl carbamates (subject to hydrolysis) is 1. The number of hydrogen-bond donors (Lipinski definition) is 3. The van der Waals surface area contributed by atoms with Gasteiger partial charge < -0.3 is 30.7 Å². The second kappa shape index (κ2) is 17.7. The molecule has 2 aromatic carbocycles. The van der Waals surface area contributed by atoms with Crippen LogP contribution in [0.25, 0.3) is 0 Å². The van der Waals surface area contributed by atoms with E-state index in [4.69, 9.17) is 15.2 Å². The number of hydrogen-bond acceptors (Lipinski definition) is 7. The highest BCUT2D eigenvalue weighted by Crippen LogP contribution is 2.27. The van der Waals surface area contributed by atoms with E-state index in [9.17, 15) is 24.0 Å². The molecule has 0 fully saturated rings. The molecule has 3 unspecified atom stereocenters. The molecule has 3 atom stereocenters. The Morgan fingerprint density at radius 3 is 1.94 bits per heavy atom. The van der Waals surface area contributed by atoms with Gasteiger partial charge in [-0.05, 0) is 79.4 Å². The summed E-state index contributed by atoms with van der Waals surface area (Å²) in [5.74, 6) is -2.45. The molecule has 11 nitrogen and oxygen atoms in total. The van der Waals surface area contributed by atoms with Gasteiger partial charge in [-0.25, -0.2) is 9.59 Å². The van der Waals surface area contributed by atoms with Crippen LogP contribution in [0.3, 0.4) is 0 Å². The summed E-state index contributed by atoms with van der Waals surface area (Å²) in [7, 11) is 0. The highest BCUT2D eigenvalue weighted by Gasteiger charge is 2.38. The zero-order chi connectivity index (χ0) is 36.2. The molecule has 264 valence electrons. The fourth-order valence-corrected chi connectivity index (χ4v) is 5.20. The van der Waals surface area contributed by atoms with Gasteiger partial charge in [0, 0.05) is 19.4 Å². The Balaban J connectivity index is 2.66. The topological polar surface area (TPSA) is 157 Å². The summed E-state index contributed by atoms with van der Waals surface area (Å²) in [6.07, 6.45) is 0.254. The van der Waals surface area contributed by atoms with Crippen LogP contribution in [0.1, 0.15) is 102 Å². The maximum absolute atomic E-state index is 14.5. The number of nitrogens with two attached hydrogens (primary N) is 1. The van der Waals surface area contributed by atoms with E-state index >= 15 is 0 Å². The van der Waals surface area contributed by atoms with Crippen LogP contribution >= 0.6 is 0 Å². The number of nitrogens with one attached hydrogen (secondary N) is 2. The lowest BCUT2D eigenvalue weighted by atomic mass is 9.97. The maximum atomic E-state index is 14.5. The molecule has 0 spiro atoms. The molecule has 0 aliphatic carbocycles. The Kier molecular flexibility index (Phi) is 14.6. The fourth-order valence-electron chi connectivity index (χ4n) is 5.20. The number of unbranched alkanes of at least 4 members (excludes halogenated alkanes) is 1. The lowest BCUT2D eigenvalue weighted by Gasteiger charge is -2.35. The smallest absolute Gasteiger partial charge is 0.408 e. The van der Waals surface area contributed by atoms with Crippen LogP contribution in [0, 0.1) is 13.8 Å². The van der Waals surface area contributed by atoms with Gasteiger partial charge in [-0.2, -0.15) is 0 Å². The average Bonchev–Trinajstić information content (AvgIpc) is 2.94. The number of amides is 4. The van der Waals surface area contributed by atoms with Crippen molar-refractivity contribution in [2.45, 2.75) is 124 Å². The standard InChI is InChI=1S/C37H54N4O7/c1-10-11-19-41(33(44)28(17-18-30(38)42)40-35(46)48-37(7,8)9)31(27-21-24(2)20-25(3)22-27)32(43)39-29(34(45)47-36(4,5)6)23-26-15-13-12-14-16-26/h12-16,20-22,28-29,31H,10-11,17-19,23H2,1-9H3,(H2,38,42)(H,39,43)(H,40,46). The van der Waals surface area contributed by atoms with E-state index in [1.54, 1.807) is 41.5 Å². The molecule has 0 saturated carbocycles. The Labute approximate surface area is 285 Å². The minimum atomic E-state index is -1.23. The van der Waals surface area contributed by atoms with Gasteiger partial charge in [0.2, 0.25) is 17.7 Å². The number of primary amides is 1. The van der Waals surface area contributed by atoms with E-state index in [-0.39, 0.29) is 25.8 Å². The van der Waals surface area contributed by atoms with Crippen molar-refractivity contribution < 1.29 is 33.4 Å². The highest BCUT2D eigenvalue weighted by atomic mass is 16.6. The number of nitrogens with zero attached hydrogens (tertiary/aromatic N) is 1. The summed E-state index contributed by atoms with van der Waals surface area (Å²) in [5.41, 5.74) is 6.86. The molecule has 2 rings (SSSR count). The number of aryl methyl sites for hydroxylation is 2. The molecule has 4 amide bonds. The molecule has 0 saturated heterocycles. The first kappa shape index (κ1) is 39.8. The number of rotatable bonds is 15. The third-order valence-electron chi connectivity index (χ3n) is 7.11. The van der Waals surface area contributed by atoms with Gasteiger partial charge in [0.25, 0.3) is 0 Å². The molecule has 11 heteroatoms. The van der Waals surface area contributed by atoms with Crippen molar-refractivity contribution in [1.82, 2.24) is 15.5 Å². The minimum absolute atomic E-state index is 0.105. The third-order valence-corrected chi connectivity index (χ3v) is 7.11. The van der Waals surface area contributed by atoms with E-state index in [1.165, 1.54) is 4.90 Å². The van der Waals surface area contributed by atoms with Crippen LogP contribution in [-0.2, 0) is 35.1 Å². The first-order valence-corrected chi connectivity index (χ1v) is 16.5. The number of benzene rings is 2. The zero-order valence-electron chi connectivity index (χ0n) is 30.0. The van der Waals surface area contributed by atoms with E-state index in [0.717, 1.165) is 16.7 Å². The summed E-state index contributed by atoms with van der Waals surface area (Å²) in [4.78, 5) is 68.6. The normalized spacial score (nSPS) is 13.4. The second-order valence-corrected chi connectivity index (χ2v) is 14.2. The number of esters is 1. The average molecular weight is 667 g/mol. The second-order valence-electron chi connectivity index (χ2n) is 14.2. The Morgan fingerprint density at radius 2 is 1.42 bits per heavy atom. The van der Waals surface area contributed by atoms with Crippen LogP contribution in [0.2, 0.25) is 0 Å². The fraction of sp³-hybridized carbons (Fsp3) is 0.541. The molecule has 0 radical (unpaired) electrons. The Morgan fingerprint density at radius 1 is 0.833 bits per heavy atom. The highest BCUT2D eigenvalue weighted by molar-refractivity contribution is 5.94. The molecule has 0 aliphatic rings. The van der Waals surface area contributed by atoms with Crippen LogP contribution in [0.5, 0.6) is 0 Å². The molecule has 2 aromatic rings.